The van der Waals surface area contributed by atoms with Crippen LogP contribution in [0.4, 0.5) is 0 Å². The number of rotatable bonds is 3. The van der Waals surface area contributed by atoms with E-state index in [-0.39, 0.29) is 0 Å². The lowest BCUT2D eigenvalue weighted by molar-refractivity contribution is -0.605. The van der Waals surface area contributed by atoms with Crippen molar-refractivity contribution in [3.05, 3.63) is 107 Å². The summed E-state index contributed by atoms with van der Waals surface area (Å²) in [4.78, 5) is 0. The number of hydrogen-bond donors (Lipinski definition) is 1. The molecule has 1 heterocycles. The number of benzene rings is 2. The molecule has 0 saturated heterocycles. The second-order valence-corrected chi connectivity index (χ2v) is 4.89. The van der Waals surface area contributed by atoms with Gasteiger partial charge in [0.05, 0.1) is 0 Å². The van der Waals surface area contributed by atoms with Gasteiger partial charge in [0.2, 0.25) is 0 Å². The Balaban J connectivity index is 2.23. The molecule has 2 aromatic carbocycles. The first-order valence-corrected chi connectivity index (χ1v) is 6.74. The highest BCUT2D eigenvalue weighted by molar-refractivity contribution is 5.45. The van der Waals surface area contributed by atoms with E-state index in [0.717, 1.165) is 11.1 Å². The third kappa shape index (κ3) is 2.39. The quantitative estimate of drug-likeness (QED) is 0.591. The summed E-state index contributed by atoms with van der Waals surface area (Å²) in [6.45, 7) is 0. The van der Waals surface area contributed by atoms with Crippen LogP contribution >= 0.6 is 0 Å². The molecule has 0 saturated carbocycles. The van der Waals surface area contributed by atoms with Crippen LogP contribution in [0.3, 0.4) is 0 Å². The van der Waals surface area contributed by atoms with E-state index < -0.39 is 5.60 Å². The van der Waals surface area contributed by atoms with E-state index in [1.807, 2.05) is 60.7 Å². The van der Waals surface area contributed by atoms with E-state index in [0.29, 0.717) is 10.3 Å². The molecule has 0 fully saturated rings. The first kappa shape index (κ1) is 13.3. The van der Waals surface area contributed by atoms with Crippen molar-refractivity contribution in [3.63, 3.8) is 0 Å². The van der Waals surface area contributed by atoms with Gasteiger partial charge in [-0.15, -0.1) is 0 Å². The van der Waals surface area contributed by atoms with Gasteiger partial charge in [-0.1, -0.05) is 60.7 Å². The molecule has 0 atom stereocenters. The van der Waals surface area contributed by atoms with Gasteiger partial charge in [0, 0.05) is 17.7 Å². The lowest BCUT2D eigenvalue weighted by Crippen LogP contribution is -2.31. The molecule has 0 aliphatic rings. The van der Waals surface area contributed by atoms with Crippen molar-refractivity contribution in [1.29, 1.82) is 0 Å². The lowest BCUT2D eigenvalue weighted by Gasteiger charge is -2.29. The van der Waals surface area contributed by atoms with E-state index in [1.54, 1.807) is 12.1 Å². The molecule has 104 valence electrons. The number of aromatic nitrogens is 1. The van der Waals surface area contributed by atoms with Crippen LogP contribution in [-0.4, -0.2) is 5.11 Å². The van der Waals surface area contributed by atoms with Gasteiger partial charge in [-0.2, -0.15) is 4.73 Å². The van der Waals surface area contributed by atoms with Gasteiger partial charge in [0.15, 0.2) is 12.4 Å². The predicted molar refractivity (Wildman–Crippen MR) is 80.4 cm³/mol. The van der Waals surface area contributed by atoms with E-state index >= 15 is 0 Å². The Bertz CT molecular complexity index is 670. The van der Waals surface area contributed by atoms with Crippen molar-refractivity contribution in [2.45, 2.75) is 5.60 Å². The molecular weight excluding hydrogens is 262 g/mol. The molecule has 0 radical (unpaired) electrons. The van der Waals surface area contributed by atoms with Gasteiger partial charge in [-0.05, 0) is 11.1 Å². The number of pyridine rings is 1. The molecular formula is C18H15NO2. The van der Waals surface area contributed by atoms with Crippen LogP contribution in [0, 0.1) is 5.21 Å². The smallest absolute Gasteiger partial charge is 0.180 e. The largest absolute Gasteiger partial charge is 0.619 e. The molecule has 3 aromatic rings. The summed E-state index contributed by atoms with van der Waals surface area (Å²) in [6, 6.07) is 22.2. The Morgan fingerprint density at radius 3 is 1.48 bits per heavy atom. The average molecular weight is 277 g/mol. The molecule has 0 unspecified atom stereocenters. The highest BCUT2D eigenvalue weighted by Gasteiger charge is 2.33. The molecule has 1 aromatic heterocycles. The second-order valence-electron chi connectivity index (χ2n) is 4.89. The zero-order valence-electron chi connectivity index (χ0n) is 11.4. The Morgan fingerprint density at radius 2 is 1.05 bits per heavy atom. The zero-order valence-corrected chi connectivity index (χ0v) is 11.4. The summed E-state index contributed by atoms with van der Waals surface area (Å²) >= 11 is 0. The van der Waals surface area contributed by atoms with Crippen molar-refractivity contribution in [2.75, 3.05) is 0 Å². The number of nitrogens with zero attached hydrogens (tertiary/aromatic N) is 1. The molecule has 0 amide bonds. The zero-order chi connectivity index (χ0) is 14.7. The maximum absolute atomic E-state index is 11.4. The van der Waals surface area contributed by atoms with Crippen LogP contribution in [0.2, 0.25) is 0 Å². The van der Waals surface area contributed by atoms with Crippen molar-refractivity contribution in [1.82, 2.24) is 0 Å². The maximum atomic E-state index is 11.4. The van der Waals surface area contributed by atoms with Gasteiger partial charge in [0.25, 0.3) is 0 Å². The second kappa shape index (κ2) is 5.38. The average Bonchev–Trinajstić information content (AvgIpc) is 2.56. The Kier molecular flexibility index (Phi) is 3.42. The van der Waals surface area contributed by atoms with Gasteiger partial charge >= 0.3 is 0 Å². The Hall–Kier alpha value is -2.65. The van der Waals surface area contributed by atoms with Crippen LogP contribution in [-0.2, 0) is 5.60 Å². The van der Waals surface area contributed by atoms with Gasteiger partial charge in [-0.25, -0.2) is 0 Å². The van der Waals surface area contributed by atoms with Crippen molar-refractivity contribution in [2.24, 2.45) is 0 Å². The van der Waals surface area contributed by atoms with Crippen LogP contribution in [0.5, 0.6) is 0 Å². The summed E-state index contributed by atoms with van der Waals surface area (Å²) in [5.41, 5.74) is 0.906. The fraction of sp³-hybridized carbons (Fsp3) is 0.0556. The standard InChI is InChI=1S/C18H15NO2/c20-18(15-7-3-1-4-8-15,16-9-5-2-6-10-16)17-11-13-19(21)14-12-17/h1-14,20H. The van der Waals surface area contributed by atoms with Crippen LogP contribution in [0.25, 0.3) is 0 Å². The third-order valence-corrected chi connectivity index (χ3v) is 3.60. The fourth-order valence-electron chi connectivity index (χ4n) is 2.51. The van der Waals surface area contributed by atoms with Crippen molar-refractivity contribution < 1.29 is 9.84 Å². The molecule has 3 rings (SSSR count). The molecule has 3 nitrogen and oxygen atoms in total. The van der Waals surface area contributed by atoms with Crippen molar-refractivity contribution in [3.8, 4) is 0 Å². The minimum absolute atomic E-state index is 0.659. The third-order valence-electron chi connectivity index (χ3n) is 3.60. The van der Waals surface area contributed by atoms with Gasteiger partial charge in [-0.3, -0.25) is 0 Å². The van der Waals surface area contributed by atoms with Crippen molar-refractivity contribution >= 4 is 0 Å². The Morgan fingerprint density at radius 1 is 0.667 bits per heavy atom. The van der Waals surface area contributed by atoms with E-state index in [2.05, 4.69) is 0 Å². The number of aliphatic hydroxyl groups is 1. The monoisotopic (exact) mass is 277 g/mol. The van der Waals surface area contributed by atoms with Crippen LogP contribution in [0.1, 0.15) is 16.7 Å². The van der Waals surface area contributed by atoms with E-state index in [9.17, 15) is 10.3 Å². The highest BCUT2D eigenvalue weighted by atomic mass is 16.5. The summed E-state index contributed by atoms with van der Waals surface area (Å²) in [5.74, 6) is 0. The summed E-state index contributed by atoms with van der Waals surface area (Å²) in [5, 5.41) is 22.7. The lowest BCUT2D eigenvalue weighted by atomic mass is 9.81. The van der Waals surface area contributed by atoms with Gasteiger partial charge in [0.1, 0.15) is 5.60 Å². The minimum Gasteiger partial charge on any atom is -0.619 e. The van der Waals surface area contributed by atoms with E-state index in [1.165, 1.54) is 12.4 Å². The first-order valence-electron chi connectivity index (χ1n) is 6.74. The Labute approximate surface area is 123 Å². The highest BCUT2D eigenvalue weighted by Crippen LogP contribution is 2.35. The molecule has 21 heavy (non-hydrogen) atoms. The van der Waals surface area contributed by atoms with Crippen LogP contribution in [0.15, 0.2) is 85.2 Å². The van der Waals surface area contributed by atoms with Crippen LogP contribution < -0.4 is 4.73 Å². The number of hydrogen-bond acceptors (Lipinski definition) is 2. The molecule has 0 aliphatic carbocycles. The van der Waals surface area contributed by atoms with Gasteiger partial charge < -0.3 is 10.3 Å². The fourth-order valence-corrected chi connectivity index (χ4v) is 2.51. The molecule has 3 heteroatoms. The topological polar surface area (TPSA) is 47.2 Å². The molecule has 1 N–H and O–H groups in total. The minimum atomic E-state index is -1.28. The molecule has 0 aliphatic heterocycles. The molecule has 0 spiro atoms. The molecule has 0 bridgehead atoms. The summed E-state index contributed by atoms with van der Waals surface area (Å²) < 4.78 is 0.708. The normalized spacial score (nSPS) is 11.3. The summed E-state index contributed by atoms with van der Waals surface area (Å²) in [6.07, 6.45) is 2.79. The maximum Gasteiger partial charge on any atom is 0.180 e. The predicted octanol–water partition coefficient (Wildman–Crippen LogP) is 2.60. The van der Waals surface area contributed by atoms with E-state index in [4.69, 9.17) is 0 Å². The summed E-state index contributed by atoms with van der Waals surface area (Å²) in [7, 11) is 0. The first-order chi connectivity index (χ1) is 10.2. The SMILES string of the molecule is [O-][n+]1ccc(C(O)(c2ccccc2)c2ccccc2)cc1.